The molecule has 0 amide bonds. The molecule has 0 aliphatic heterocycles. The molecule has 1 aliphatic carbocycles. The van der Waals surface area contributed by atoms with Crippen molar-refractivity contribution in [3.05, 3.63) is 48.0 Å². The lowest BCUT2D eigenvalue weighted by Gasteiger charge is -2.37. The number of guanidine groups is 1. The molecule has 29 heavy (non-hydrogen) atoms. The van der Waals surface area contributed by atoms with Gasteiger partial charge in [0, 0.05) is 31.1 Å². The predicted molar refractivity (Wildman–Crippen MR) is 114 cm³/mol. The van der Waals surface area contributed by atoms with Crippen LogP contribution >= 0.6 is 0 Å². The fraction of sp³-hybridized carbons (Fsp3) is 0.545. The van der Waals surface area contributed by atoms with Gasteiger partial charge in [-0.25, -0.2) is 9.07 Å². The zero-order valence-electron chi connectivity index (χ0n) is 17.4. The van der Waals surface area contributed by atoms with E-state index >= 15 is 0 Å². The molecule has 158 valence electrons. The largest absolute Gasteiger partial charge is 0.392 e. The summed E-state index contributed by atoms with van der Waals surface area (Å²) in [6.45, 7) is 6.27. The third-order valence-electron chi connectivity index (χ3n) is 5.63. The van der Waals surface area contributed by atoms with E-state index in [-0.39, 0.29) is 17.3 Å². The molecule has 1 aliphatic rings. The predicted octanol–water partition coefficient (Wildman–Crippen LogP) is 3.05. The molecule has 6 nitrogen and oxygen atoms in total. The van der Waals surface area contributed by atoms with Crippen LogP contribution in [0.4, 0.5) is 4.39 Å². The van der Waals surface area contributed by atoms with E-state index in [1.54, 1.807) is 16.8 Å². The molecule has 2 atom stereocenters. The topological polar surface area (TPSA) is 74.5 Å². The molecular weight excluding hydrogens is 369 g/mol. The smallest absolute Gasteiger partial charge is 0.191 e. The normalized spacial score (nSPS) is 22.5. The first-order chi connectivity index (χ1) is 14.0. The molecule has 0 radical (unpaired) electrons. The van der Waals surface area contributed by atoms with E-state index in [9.17, 15) is 9.50 Å². The molecule has 1 saturated carbocycles. The Balaban J connectivity index is 1.53. The first-order valence-electron chi connectivity index (χ1n) is 10.5. The van der Waals surface area contributed by atoms with Crippen LogP contribution in [0.3, 0.4) is 0 Å². The number of aliphatic imine (C=N–C) groups is 1. The zero-order valence-corrected chi connectivity index (χ0v) is 17.4. The van der Waals surface area contributed by atoms with Gasteiger partial charge in [0.05, 0.1) is 24.0 Å². The summed E-state index contributed by atoms with van der Waals surface area (Å²) in [6.07, 6.45) is 6.49. The van der Waals surface area contributed by atoms with E-state index in [2.05, 4.69) is 22.7 Å². The van der Waals surface area contributed by atoms with Gasteiger partial charge in [0.25, 0.3) is 0 Å². The van der Waals surface area contributed by atoms with Crippen LogP contribution in [0.15, 0.2) is 41.5 Å². The van der Waals surface area contributed by atoms with Crippen molar-refractivity contribution in [2.45, 2.75) is 52.1 Å². The van der Waals surface area contributed by atoms with E-state index in [0.717, 1.165) is 56.0 Å². The fourth-order valence-electron chi connectivity index (χ4n) is 3.71. The van der Waals surface area contributed by atoms with Gasteiger partial charge in [0.15, 0.2) is 5.96 Å². The number of aliphatic hydroxyl groups is 1. The van der Waals surface area contributed by atoms with E-state index in [1.807, 2.05) is 19.2 Å². The van der Waals surface area contributed by atoms with Crippen molar-refractivity contribution >= 4 is 5.96 Å². The van der Waals surface area contributed by atoms with Crippen molar-refractivity contribution in [3.8, 4) is 5.69 Å². The average Bonchev–Trinajstić information content (AvgIpc) is 3.18. The summed E-state index contributed by atoms with van der Waals surface area (Å²) in [4.78, 5) is 4.72. The minimum absolute atomic E-state index is 0.144. The standard InChI is InChI=1S/C22H32FN5O/c1-3-24-21(26-16-22(2)13-5-4-6-20(22)29)25-14-11-18-12-15-28(27-18)19-9-7-17(23)8-10-19/h7-10,12,15,20,29H,3-6,11,13-14,16H2,1-2H3,(H2,24,25,26). The lowest BCUT2D eigenvalue weighted by atomic mass is 9.73. The van der Waals surface area contributed by atoms with Crippen molar-refractivity contribution in [2.75, 3.05) is 19.6 Å². The Bertz CT molecular complexity index is 804. The molecule has 3 rings (SSSR count). The maximum atomic E-state index is 13.1. The highest BCUT2D eigenvalue weighted by Gasteiger charge is 2.35. The molecular formula is C22H32FN5O. The Morgan fingerprint density at radius 3 is 2.79 bits per heavy atom. The van der Waals surface area contributed by atoms with Gasteiger partial charge in [-0.3, -0.25) is 4.99 Å². The fourth-order valence-corrected chi connectivity index (χ4v) is 3.71. The summed E-state index contributed by atoms with van der Waals surface area (Å²) < 4.78 is 14.8. The van der Waals surface area contributed by atoms with E-state index in [1.165, 1.54) is 12.1 Å². The Kier molecular flexibility index (Phi) is 7.25. The molecule has 0 saturated heterocycles. The second kappa shape index (κ2) is 9.87. The average molecular weight is 402 g/mol. The third-order valence-corrected chi connectivity index (χ3v) is 5.63. The number of halogens is 1. The SMILES string of the molecule is CCNC(=NCC1(C)CCCCC1O)NCCc1ccn(-c2ccc(F)cc2)n1. The van der Waals surface area contributed by atoms with Gasteiger partial charge in [0.1, 0.15) is 5.82 Å². The lowest BCUT2D eigenvalue weighted by Crippen LogP contribution is -2.42. The summed E-state index contributed by atoms with van der Waals surface area (Å²) in [7, 11) is 0. The van der Waals surface area contributed by atoms with Gasteiger partial charge in [0.2, 0.25) is 0 Å². The molecule has 0 spiro atoms. The lowest BCUT2D eigenvalue weighted by molar-refractivity contribution is 0.00716. The van der Waals surface area contributed by atoms with Gasteiger partial charge in [-0.1, -0.05) is 19.8 Å². The quantitative estimate of drug-likeness (QED) is 0.492. The van der Waals surface area contributed by atoms with Gasteiger partial charge in [-0.15, -0.1) is 0 Å². The van der Waals surface area contributed by atoms with Crippen molar-refractivity contribution in [2.24, 2.45) is 10.4 Å². The number of aromatic nitrogens is 2. The minimum Gasteiger partial charge on any atom is -0.392 e. The van der Waals surface area contributed by atoms with Gasteiger partial charge >= 0.3 is 0 Å². The van der Waals surface area contributed by atoms with Crippen LogP contribution in [-0.4, -0.2) is 46.6 Å². The van der Waals surface area contributed by atoms with Crippen molar-refractivity contribution < 1.29 is 9.50 Å². The molecule has 1 fully saturated rings. The first kappa shape index (κ1) is 21.3. The highest BCUT2D eigenvalue weighted by molar-refractivity contribution is 5.79. The number of nitrogens with one attached hydrogen (secondary N) is 2. The molecule has 1 aromatic carbocycles. The third kappa shape index (κ3) is 5.79. The molecule has 1 heterocycles. The molecule has 2 unspecified atom stereocenters. The second-order valence-corrected chi connectivity index (χ2v) is 8.02. The van der Waals surface area contributed by atoms with Crippen LogP contribution in [0, 0.1) is 11.2 Å². The van der Waals surface area contributed by atoms with E-state index in [4.69, 9.17) is 4.99 Å². The Morgan fingerprint density at radius 1 is 1.28 bits per heavy atom. The van der Waals surface area contributed by atoms with Crippen LogP contribution in [0.25, 0.3) is 5.69 Å². The zero-order chi connectivity index (χ0) is 20.7. The van der Waals surface area contributed by atoms with Crippen molar-refractivity contribution in [3.63, 3.8) is 0 Å². The number of benzene rings is 1. The maximum absolute atomic E-state index is 13.1. The molecule has 7 heteroatoms. The summed E-state index contributed by atoms with van der Waals surface area (Å²) >= 11 is 0. The Labute approximate surface area is 172 Å². The van der Waals surface area contributed by atoms with E-state index < -0.39 is 0 Å². The van der Waals surface area contributed by atoms with Crippen LogP contribution in [0.1, 0.15) is 45.2 Å². The monoisotopic (exact) mass is 401 g/mol. The molecule has 3 N–H and O–H groups in total. The highest BCUT2D eigenvalue weighted by Crippen LogP contribution is 2.36. The number of aliphatic hydroxyl groups excluding tert-OH is 1. The number of hydrogen-bond acceptors (Lipinski definition) is 3. The number of rotatable bonds is 7. The van der Waals surface area contributed by atoms with Crippen LogP contribution in [-0.2, 0) is 6.42 Å². The number of nitrogens with zero attached hydrogens (tertiary/aromatic N) is 3. The molecule has 1 aromatic heterocycles. The molecule has 0 bridgehead atoms. The van der Waals surface area contributed by atoms with Crippen molar-refractivity contribution in [1.29, 1.82) is 0 Å². The maximum Gasteiger partial charge on any atom is 0.191 e. The van der Waals surface area contributed by atoms with Crippen molar-refractivity contribution in [1.82, 2.24) is 20.4 Å². The van der Waals surface area contributed by atoms with Crippen LogP contribution in [0.5, 0.6) is 0 Å². The molecule has 2 aromatic rings. The van der Waals surface area contributed by atoms with Gasteiger partial charge < -0.3 is 15.7 Å². The van der Waals surface area contributed by atoms with Gasteiger partial charge in [-0.05, 0) is 50.1 Å². The summed E-state index contributed by atoms with van der Waals surface area (Å²) in [5.74, 6) is 0.514. The summed E-state index contributed by atoms with van der Waals surface area (Å²) in [5.41, 5.74) is 1.64. The van der Waals surface area contributed by atoms with E-state index in [0.29, 0.717) is 13.1 Å². The second-order valence-electron chi connectivity index (χ2n) is 8.02. The van der Waals surface area contributed by atoms with Gasteiger partial charge in [-0.2, -0.15) is 5.10 Å². The number of hydrogen-bond donors (Lipinski definition) is 3. The summed E-state index contributed by atoms with van der Waals surface area (Å²) in [6, 6.07) is 8.25. The Morgan fingerprint density at radius 2 is 2.07 bits per heavy atom. The van der Waals surface area contributed by atoms with Crippen LogP contribution in [0.2, 0.25) is 0 Å². The Hall–Kier alpha value is -2.41. The minimum atomic E-state index is -0.279. The first-order valence-corrected chi connectivity index (χ1v) is 10.5. The highest BCUT2D eigenvalue weighted by atomic mass is 19.1. The van der Waals surface area contributed by atoms with Crippen LogP contribution < -0.4 is 10.6 Å². The summed E-state index contributed by atoms with van der Waals surface area (Å²) in [5, 5.41) is 21.5.